The smallest absolute Gasteiger partial charge is 0.196 e. The first-order valence-electron chi connectivity index (χ1n) is 12.3. The van der Waals surface area contributed by atoms with Gasteiger partial charge < -0.3 is 25.0 Å². The molecule has 1 fully saturated rings. The number of para-hydroxylation sites is 1. The number of carbonyl (C=O) groups is 1. The molecule has 1 aliphatic carbocycles. The minimum atomic E-state index is -0.676. The number of halogens is 1. The number of nitrogens with one attached hydrogen (secondary N) is 2. The number of H-pyrrole nitrogens is 1. The highest BCUT2D eigenvalue weighted by molar-refractivity contribution is 6.35. The van der Waals surface area contributed by atoms with E-state index >= 15 is 0 Å². The molecule has 9 heteroatoms. The minimum Gasteiger partial charge on any atom is -0.457 e. The van der Waals surface area contributed by atoms with Gasteiger partial charge in [-0.05, 0) is 64.0 Å². The molecule has 5 rings (SSSR count). The van der Waals surface area contributed by atoms with Gasteiger partial charge in [0.15, 0.2) is 5.78 Å². The Morgan fingerprint density at radius 1 is 1.14 bits per heavy atom. The number of fused-ring (bicyclic) bond motifs is 1. The zero-order chi connectivity index (χ0) is 26.0. The van der Waals surface area contributed by atoms with Crippen LogP contribution in [0.3, 0.4) is 0 Å². The van der Waals surface area contributed by atoms with Gasteiger partial charge in [0.2, 0.25) is 0 Å². The number of nitrogens with zero attached hydrogens (tertiary/aromatic N) is 3. The molecule has 3 N–H and O–H groups in total. The normalized spacial score (nSPS) is 19.8. The topological polar surface area (TPSA) is 103 Å². The maximum Gasteiger partial charge on any atom is 0.196 e. The van der Waals surface area contributed by atoms with E-state index in [1.165, 1.54) is 6.33 Å². The van der Waals surface area contributed by atoms with E-state index in [-0.39, 0.29) is 11.8 Å². The number of aromatic nitrogens is 3. The van der Waals surface area contributed by atoms with Gasteiger partial charge in [-0.1, -0.05) is 29.8 Å². The van der Waals surface area contributed by atoms with Crippen molar-refractivity contribution in [3.8, 4) is 11.5 Å². The number of likely N-dealkylation sites (N-methyl/N-ethyl adjacent to an activating group) is 1. The molecule has 0 atom stereocenters. The Morgan fingerprint density at radius 2 is 1.89 bits per heavy atom. The maximum atomic E-state index is 13.6. The molecule has 192 valence electrons. The zero-order valence-corrected chi connectivity index (χ0v) is 21.6. The highest BCUT2D eigenvalue weighted by Gasteiger charge is 2.34. The Labute approximate surface area is 220 Å². The average molecular weight is 520 g/mol. The van der Waals surface area contributed by atoms with Crippen LogP contribution in [0.25, 0.3) is 11.0 Å². The summed E-state index contributed by atoms with van der Waals surface area (Å²) < 4.78 is 5.84. The Morgan fingerprint density at radius 3 is 2.59 bits per heavy atom. The van der Waals surface area contributed by atoms with Gasteiger partial charge in [-0.15, -0.1) is 0 Å². The lowest BCUT2D eigenvalue weighted by atomic mass is 9.82. The number of hydrogen-bond donors (Lipinski definition) is 3. The lowest BCUT2D eigenvalue weighted by Crippen LogP contribution is -2.45. The maximum absolute atomic E-state index is 13.6. The van der Waals surface area contributed by atoms with Crippen LogP contribution in [0.4, 0.5) is 5.82 Å². The first-order valence-corrected chi connectivity index (χ1v) is 12.7. The third-order valence-electron chi connectivity index (χ3n) is 6.75. The van der Waals surface area contributed by atoms with E-state index in [1.807, 2.05) is 49.3 Å². The lowest BCUT2D eigenvalue weighted by Gasteiger charge is -2.38. The van der Waals surface area contributed by atoms with Gasteiger partial charge in [0, 0.05) is 30.4 Å². The van der Waals surface area contributed by atoms with E-state index in [0.717, 1.165) is 12.8 Å². The summed E-state index contributed by atoms with van der Waals surface area (Å²) >= 11 is 6.53. The summed E-state index contributed by atoms with van der Waals surface area (Å²) in [4.78, 5) is 27.5. The van der Waals surface area contributed by atoms with Crippen LogP contribution in [-0.2, 0) is 0 Å². The Bertz CT molecular complexity index is 1400. The van der Waals surface area contributed by atoms with Crippen LogP contribution in [0.15, 0.2) is 61.1 Å². The number of ketones is 1. The number of benzene rings is 2. The fraction of sp³-hybridized carbons (Fsp3) is 0.321. The molecule has 0 unspecified atom stereocenters. The van der Waals surface area contributed by atoms with Crippen molar-refractivity contribution in [2.24, 2.45) is 0 Å². The van der Waals surface area contributed by atoms with E-state index < -0.39 is 5.60 Å². The largest absolute Gasteiger partial charge is 0.457 e. The predicted octanol–water partition coefficient (Wildman–Crippen LogP) is 5.28. The fourth-order valence-corrected chi connectivity index (χ4v) is 5.26. The highest BCUT2D eigenvalue weighted by atomic mass is 35.5. The van der Waals surface area contributed by atoms with E-state index in [4.69, 9.17) is 16.3 Å². The monoisotopic (exact) mass is 519 g/mol. The summed E-state index contributed by atoms with van der Waals surface area (Å²) in [5, 5.41) is 15.3. The van der Waals surface area contributed by atoms with Gasteiger partial charge in [-0.2, -0.15) is 0 Å². The van der Waals surface area contributed by atoms with E-state index in [9.17, 15) is 9.90 Å². The Hall–Kier alpha value is -3.46. The van der Waals surface area contributed by atoms with Crippen molar-refractivity contribution in [1.82, 2.24) is 19.9 Å². The van der Waals surface area contributed by atoms with Crippen LogP contribution < -0.4 is 10.1 Å². The van der Waals surface area contributed by atoms with E-state index in [2.05, 4.69) is 20.3 Å². The zero-order valence-electron chi connectivity index (χ0n) is 20.9. The number of aliphatic hydroxyl groups is 1. The second-order valence-corrected chi connectivity index (χ2v) is 10.3. The van der Waals surface area contributed by atoms with Crippen molar-refractivity contribution < 1.29 is 14.6 Å². The molecule has 2 aromatic heterocycles. The number of hydrogen-bond acceptors (Lipinski definition) is 7. The molecule has 0 spiro atoms. The van der Waals surface area contributed by atoms with Crippen molar-refractivity contribution in [2.45, 2.75) is 37.3 Å². The number of anilines is 1. The van der Waals surface area contributed by atoms with Gasteiger partial charge in [-0.25, -0.2) is 9.97 Å². The van der Waals surface area contributed by atoms with Crippen LogP contribution in [0.1, 0.15) is 41.6 Å². The summed E-state index contributed by atoms with van der Waals surface area (Å²) in [5.41, 5.74) is 0.701. The SMILES string of the molecule is CN(C)CC1(O)CCC(Nc2ncnc3[nH]cc(C(=O)c4ccc(Oc5ccccc5)cc4Cl)c23)CC1. The third kappa shape index (κ3) is 5.61. The molecule has 0 aliphatic heterocycles. The van der Waals surface area contributed by atoms with Crippen LogP contribution in [0.5, 0.6) is 11.5 Å². The number of ether oxygens (including phenoxy) is 1. The molecule has 8 nitrogen and oxygen atoms in total. The Kier molecular flexibility index (Phi) is 7.15. The molecule has 4 aromatic rings. The molecule has 0 saturated heterocycles. The summed E-state index contributed by atoms with van der Waals surface area (Å²) in [5.74, 6) is 1.59. The predicted molar refractivity (Wildman–Crippen MR) is 145 cm³/mol. The molecule has 37 heavy (non-hydrogen) atoms. The van der Waals surface area contributed by atoms with Crippen LogP contribution in [-0.4, -0.2) is 63.0 Å². The minimum absolute atomic E-state index is 0.136. The molecular weight excluding hydrogens is 490 g/mol. The lowest BCUT2D eigenvalue weighted by molar-refractivity contribution is -0.0183. The first kappa shape index (κ1) is 25.2. The molecule has 0 radical (unpaired) electrons. The molecule has 2 aromatic carbocycles. The van der Waals surface area contributed by atoms with Crippen molar-refractivity contribution in [3.05, 3.63) is 77.2 Å². The van der Waals surface area contributed by atoms with Gasteiger partial charge in [0.1, 0.15) is 29.3 Å². The summed E-state index contributed by atoms with van der Waals surface area (Å²) in [6.07, 6.45) is 6.13. The number of rotatable bonds is 8. The first-order chi connectivity index (χ1) is 17.8. The summed E-state index contributed by atoms with van der Waals surface area (Å²) in [7, 11) is 3.95. The standard InChI is InChI=1S/C28H30ClN5O3/c1-34(2)16-28(36)12-10-18(11-13-28)33-27-24-22(15-30-26(24)31-17-32-27)25(35)21-9-8-20(14-23(21)29)37-19-6-4-3-5-7-19/h3-9,14-15,17-18,36H,10-13,16H2,1-2H3,(H2,30,31,32,33). The molecule has 0 bridgehead atoms. The van der Waals surface area contributed by atoms with Crippen LogP contribution >= 0.6 is 11.6 Å². The molecule has 2 heterocycles. The molecule has 1 saturated carbocycles. The molecular formula is C28H30ClN5O3. The summed E-state index contributed by atoms with van der Waals surface area (Å²) in [6.45, 7) is 0.643. The van der Waals surface area contributed by atoms with Crippen molar-refractivity contribution >= 4 is 34.2 Å². The van der Waals surface area contributed by atoms with Crippen LogP contribution in [0.2, 0.25) is 5.02 Å². The van der Waals surface area contributed by atoms with E-state index in [1.54, 1.807) is 24.4 Å². The fourth-order valence-electron chi connectivity index (χ4n) is 5.00. The summed E-state index contributed by atoms with van der Waals surface area (Å²) in [6, 6.07) is 14.6. The quantitative estimate of drug-likeness (QED) is 0.272. The Balaban J connectivity index is 1.36. The molecule has 1 aliphatic rings. The second-order valence-electron chi connectivity index (χ2n) is 9.91. The van der Waals surface area contributed by atoms with Crippen molar-refractivity contribution in [1.29, 1.82) is 0 Å². The van der Waals surface area contributed by atoms with E-state index in [0.29, 0.717) is 63.9 Å². The van der Waals surface area contributed by atoms with Gasteiger partial charge in [0.25, 0.3) is 0 Å². The third-order valence-corrected chi connectivity index (χ3v) is 7.06. The highest BCUT2D eigenvalue weighted by Crippen LogP contribution is 2.34. The van der Waals surface area contributed by atoms with Crippen molar-refractivity contribution in [2.75, 3.05) is 26.0 Å². The number of carbonyl (C=O) groups excluding carboxylic acids is 1. The van der Waals surface area contributed by atoms with Gasteiger partial charge >= 0.3 is 0 Å². The number of aromatic amines is 1. The van der Waals surface area contributed by atoms with Gasteiger partial charge in [-0.3, -0.25) is 4.79 Å². The van der Waals surface area contributed by atoms with Crippen LogP contribution in [0, 0.1) is 0 Å². The second kappa shape index (κ2) is 10.5. The average Bonchev–Trinajstić information content (AvgIpc) is 3.31. The molecule has 0 amide bonds. The van der Waals surface area contributed by atoms with Gasteiger partial charge in [0.05, 0.1) is 21.6 Å². The van der Waals surface area contributed by atoms with Crippen molar-refractivity contribution in [3.63, 3.8) is 0 Å².